The van der Waals surface area contributed by atoms with Gasteiger partial charge in [0.05, 0.1) is 6.54 Å². The van der Waals surface area contributed by atoms with Gasteiger partial charge in [0.2, 0.25) is 0 Å². The third-order valence-corrected chi connectivity index (χ3v) is 4.60. The Kier molecular flexibility index (Phi) is 3.68. The molecule has 0 amide bonds. The maximum Gasteiger partial charge on any atom is 0.118 e. The summed E-state index contributed by atoms with van der Waals surface area (Å²) in [5, 5.41) is 3.76. The molecule has 2 unspecified atom stereocenters. The number of furan rings is 1. The number of hydrogen-bond donors (Lipinski definition) is 1. The van der Waals surface area contributed by atoms with Crippen molar-refractivity contribution in [3.63, 3.8) is 0 Å². The van der Waals surface area contributed by atoms with E-state index in [4.69, 9.17) is 4.42 Å². The molecule has 1 saturated carbocycles. The molecule has 3 heteroatoms. The average Bonchev–Trinajstić information content (AvgIpc) is 3.14. The number of hydrogen-bond acceptors (Lipinski definition) is 3. The van der Waals surface area contributed by atoms with Crippen LogP contribution >= 0.6 is 0 Å². The lowest BCUT2D eigenvalue weighted by Crippen LogP contribution is -2.58. The summed E-state index contributed by atoms with van der Waals surface area (Å²) in [6.45, 7) is 9.93. The fraction of sp³-hybridized carbons (Fsp3) is 0.750. The summed E-state index contributed by atoms with van der Waals surface area (Å²) < 4.78 is 5.76. The van der Waals surface area contributed by atoms with Crippen LogP contribution in [0.4, 0.5) is 0 Å². The van der Waals surface area contributed by atoms with E-state index in [1.807, 2.05) is 6.92 Å². The zero-order valence-electron chi connectivity index (χ0n) is 12.4. The van der Waals surface area contributed by atoms with Gasteiger partial charge in [-0.25, -0.2) is 0 Å². The molecule has 3 rings (SSSR count). The van der Waals surface area contributed by atoms with Crippen molar-refractivity contribution >= 4 is 0 Å². The van der Waals surface area contributed by atoms with Crippen molar-refractivity contribution in [2.75, 3.05) is 13.1 Å². The second-order valence-electron chi connectivity index (χ2n) is 6.61. The van der Waals surface area contributed by atoms with Crippen LogP contribution in [0.5, 0.6) is 0 Å². The van der Waals surface area contributed by atoms with Gasteiger partial charge in [-0.3, -0.25) is 4.90 Å². The van der Waals surface area contributed by atoms with Crippen LogP contribution in [0.1, 0.15) is 38.2 Å². The molecule has 1 N–H and O–H groups in total. The van der Waals surface area contributed by atoms with Crippen molar-refractivity contribution in [2.45, 2.75) is 52.2 Å². The second kappa shape index (κ2) is 5.29. The van der Waals surface area contributed by atoms with Crippen LogP contribution in [0.2, 0.25) is 0 Å². The molecule has 0 radical (unpaired) electrons. The van der Waals surface area contributed by atoms with Crippen molar-refractivity contribution in [3.8, 4) is 0 Å². The van der Waals surface area contributed by atoms with E-state index in [1.165, 1.54) is 19.4 Å². The minimum atomic E-state index is 0.625. The Labute approximate surface area is 116 Å². The van der Waals surface area contributed by atoms with E-state index in [0.717, 1.165) is 30.5 Å². The Balaban J connectivity index is 1.69. The van der Waals surface area contributed by atoms with Crippen LogP contribution < -0.4 is 5.32 Å². The Bertz CT molecular complexity index is 422. The highest BCUT2D eigenvalue weighted by molar-refractivity contribution is 5.06. The van der Waals surface area contributed by atoms with E-state index in [9.17, 15) is 0 Å². The van der Waals surface area contributed by atoms with Crippen molar-refractivity contribution in [1.82, 2.24) is 10.2 Å². The molecule has 2 fully saturated rings. The lowest BCUT2D eigenvalue weighted by molar-refractivity contribution is 0.0783. The number of aryl methyl sites for hydroxylation is 1. The predicted molar refractivity (Wildman–Crippen MR) is 77.0 cm³/mol. The summed E-state index contributed by atoms with van der Waals surface area (Å²) in [6.07, 6.45) is 2.83. The van der Waals surface area contributed by atoms with Gasteiger partial charge in [-0.1, -0.05) is 13.8 Å². The standard InChI is InChI=1S/C16H26N2O/c1-11(2)16-8-17-15(13-5-6-13)10-18(16)9-14-7-4-12(3)19-14/h4,7,11,13,15-17H,5-6,8-10H2,1-3H3. The molecule has 1 saturated heterocycles. The predicted octanol–water partition coefficient (Wildman–Crippen LogP) is 2.80. The molecular formula is C16H26N2O. The van der Waals surface area contributed by atoms with Gasteiger partial charge in [-0.05, 0) is 43.7 Å². The van der Waals surface area contributed by atoms with Crippen LogP contribution in [-0.4, -0.2) is 30.1 Å². The van der Waals surface area contributed by atoms with Crippen molar-refractivity contribution < 1.29 is 4.42 Å². The molecule has 0 spiro atoms. The first-order chi connectivity index (χ1) is 9.13. The van der Waals surface area contributed by atoms with Crippen LogP contribution in [0.25, 0.3) is 0 Å². The number of rotatable bonds is 4. The van der Waals surface area contributed by atoms with E-state index < -0.39 is 0 Å². The fourth-order valence-electron chi connectivity index (χ4n) is 3.28. The smallest absolute Gasteiger partial charge is 0.118 e. The lowest BCUT2D eigenvalue weighted by Gasteiger charge is -2.42. The second-order valence-corrected chi connectivity index (χ2v) is 6.61. The highest BCUT2D eigenvalue weighted by atomic mass is 16.3. The molecule has 0 aromatic carbocycles. The van der Waals surface area contributed by atoms with Gasteiger partial charge in [0.15, 0.2) is 0 Å². The molecule has 1 aromatic heterocycles. The zero-order chi connectivity index (χ0) is 13.4. The van der Waals surface area contributed by atoms with Gasteiger partial charge in [-0.15, -0.1) is 0 Å². The van der Waals surface area contributed by atoms with E-state index in [2.05, 4.69) is 36.2 Å². The topological polar surface area (TPSA) is 28.4 Å². The summed E-state index contributed by atoms with van der Waals surface area (Å²) in [7, 11) is 0. The maximum atomic E-state index is 5.76. The van der Waals surface area contributed by atoms with E-state index in [0.29, 0.717) is 18.0 Å². The summed E-state index contributed by atoms with van der Waals surface area (Å²) in [5.41, 5.74) is 0. The molecule has 2 atom stereocenters. The zero-order valence-corrected chi connectivity index (χ0v) is 12.4. The number of piperazine rings is 1. The Morgan fingerprint density at radius 1 is 1.37 bits per heavy atom. The third-order valence-electron chi connectivity index (χ3n) is 4.60. The number of nitrogens with one attached hydrogen (secondary N) is 1. The van der Waals surface area contributed by atoms with Gasteiger partial charge in [0.25, 0.3) is 0 Å². The van der Waals surface area contributed by atoms with Crippen LogP contribution in [-0.2, 0) is 6.54 Å². The minimum Gasteiger partial charge on any atom is -0.465 e. The molecule has 19 heavy (non-hydrogen) atoms. The SMILES string of the molecule is Cc1ccc(CN2CC(C3CC3)NCC2C(C)C)o1. The largest absolute Gasteiger partial charge is 0.465 e. The summed E-state index contributed by atoms with van der Waals surface area (Å²) in [5.74, 6) is 3.74. The van der Waals surface area contributed by atoms with Gasteiger partial charge < -0.3 is 9.73 Å². The quantitative estimate of drug-likeness (QED) is 0.904. The minimum absolute atomic E-state index is 0.625. The van der Waals surface area contributed by atoms with Gasteiger partial charge in [0, 0.05) is 25.2 Å². The molecule has 106 valence electrons. The van der Waals surface area contributed by atoms with Crippen LogP contribution in [0, 0.1) is 18.8 Å². The molecule has 2 aliphatic rings. The molecular weight excluding hydrogens is 236 g/mol. The molecule has 2 heterocycles. The summed E-state index contributed by atoms with van der Waals surface area (Å²) >= 11 is 0. The van der Waals surface area contributed by atoms with Gasteiger partial charge in [0.1, 0.15) is 11.5 Å². The molecule has 1 aliphatic carbocycles. The molecule has 1 aliphatic heterocycles. The van der Waals surface area contributed by atoms with Crippen molar-refractivity contribution in [2.24, 2.45) is 11.8 Å². The van der Waals surface area contributed by atoms with Crippen molar-refractivity contribution in [3.05, 3.63) is 23.7 Å². The molecule has 0 bridgehead atoms. The van der Waals surface area contributed by atoms with Gasteiger partial charge in [-0.2, -0.15) is 0 Å². The van der Waals surface area contributed by atoms with E-state index >= 15 is 0 Å². The Hall–Kier alpha value is -0.800. The Morgan fingerprint density at radius 3 is 2.74 bits per heavy atom. The first-order valence-electron chi connectivity index (χ1n) is 7.66. The van der Waals surface area contributed by atoms with E-state index in [1.54, 1.807) is 0 Å². The summed E-state index contributed by atoms with van der Waals surface area (Å²) in [4.78, 5) is 2.63. The van der Waals surface area contributed by atoms with Crippen LogP contribution in [0.3, 0.4) is 0 Å². The number of nitrogens with zero attached hydrogens (tertiary/aromatic N) is 1. The van der Waals surface area contributed by atoms with Gasteiger partial charge >= 0.3 is 0 Å². The monoisotopic (exact) mass is 262 g/mol. The lowest BCUT2D eigenvalue weighted by atomic mass is 9.97. The molecule has 1 aromatic rings. The third kappa shape index (κ3) is 3.03. The first kappa shape index (κ1) is 13.2. The average molecular weight is 262 g/mol. The first-order valence-corrected chi connectivity index (χ1v) is 7.66. The summed E-state index contributed by atoms with van der Waals surface area (Å²) in [6, 6.07) is 5.52. The Morgan fingerprint density at radius 2 is 2.16 bits per heavy atom. The van der Waals surface area contributed by atoms with E-state index in [-0.39, 0.29) is 0 Å². The molecule has 3 nitrogen and oxygen atoms in total. The van der Waals surface area contributed by atoms with Crippen molar-refractivity contribution in [1.29, 1.82) is 0 Å². The maximum absolute atomic E-state index is 5.76. The highest BCUT2D eigenvalue weighted by Gasteiger charge is 2.38. The highest BCUT2D eigenvalue weighted by Crippen LogP contribution is 2.35. The normalized spacial score (nSPS) is 29.1. The van der Waals surface area contributed by atoms with Crippen LogP contribution in [0.15, 0.2) is 16.5 Å². The fourth-order valence-corrected chi connectivity index (χ4v) is 3.28.